The van der Waals surface area contributed by atoms with Crippen molar-refractivity contribution in [2.45, 2.75) is 43.7 Å². The van der Waals surface area contributed by atoms with E-state index in [1.807, 2.05) is 30.3 Å². The quantitative estimate of drug-likeness (QED) is 0.836. The van der Waals surface area contributed by atoms with Gasteiger partial charge in [-0.15, -0.1) is 0 Å². The first-order valence-electron chi connectivity index (χ1n) is 10.1. The summed E-state index contributed by atoms with van der Waals surface area (Å²) >= 11 is 0. The second kappa shape index (κ2) is 8.02. The first kappa shape index (κ1) is 19.1. The zero-order valence-corrected chi connectivity index (χ0v) is 16.0. The summed E-state index contributed by atoms with van der Waals surface area (Å²) in [5.41, 5.74) is 1.06. The monoisotopic (exact) mass is 382 g/mol. The number of anilines is 1. The molecule has 1 aliphatic heterocycles. The van der Waals surface area contributed by atoms with E-state index in [1.54, 1.807) is 12.1 Å². The lowest BCUT2D eigenvalue weighted by Gasteiger charge is -2.52. The molecule has 148 valence electrons. The molecule has 2 fully saturated rings. The Kier molecular flexibility index (Phi) is 5.47. The van der Waals surface area contributed by atoms with Crippen molar-refractivity contribution in [3.05, 3.63) is 66.0 Å². The van der Waals surface area contributed by atoms with Crippen molar-refractivity contribution in [2.75, 3.05) is 18.4 Å². The number of rotatable bonds is 4. The van der Waals surface area contributed by atoms with Crippen LogP contribution >= 0.6 is 0 Å². The number of hydrogen-bond donors (Lipinski definition) is 2. The van der Waals surface area contributed by atoms with Crippen molar-refractivity contribution >= 4 is 11.6 Å². The predicted molar refractivity (Wildman–Crippen MR) is 107 cm³/mol. The molecule has 1 amide bonds. The Morgan fingerprint density at radius 1 is 1.11 bits per heavy atom. The summed E-state index contributed by atoms with van der Waals surface area (Å²) in [6, 6.07) is 15.9. The van der Waals surface area contributed by atoms with E-state index >= 15 is 0 Å². The molecule has 1 aliphatic carbocycles. The highest BCUT2D eigenvalue weighted by atomic mass is 19.1. The molecule has 4 rings (SSSR count). The zero-order valence-electron chi connectivity index (χ0n) is 16.0. The van der Waals surface area contributed by atoms with E-state index in [9.17, 15) is 14.3 Å². The number of nitrogens with zero attached hydrogens (tertiary/aromatic N) is 1. The van der Waals surface area contributed by atoms with Gasteiger partial charge >= 0.3 is 0 Å². The van der Waals surface area contributed by atoms with Gasteiger partial charge in [-0.25, -0.2) is 4.39 Å². The van der Waals surface area contributed by atoms with Crippen LogP contribution in [0.15, 0.2) is 54.6 Å². The van der Waals surface area contributed by atoms with Crippen LogP contribution in [0.5, 0.6) is 0 Å². The molecule has 1 saturated carbocycles. The highest BCUT2D eigenvalue weighted by Gasteiger charge is 2.49. The Balaban J connectivity index is 1.57. The predicted octanol–water partition coefficient (Wildman–Crippen LogP) is 4.13. The van der Waals surface area contributed by atoms with Gasteiger partial charge in [-0.05, 0) is 49.1 Å². The van der Waals surface area contributed by atoms with Crippen molar-refractivity contribution < 1.29 is 14.3 Å². The van der Waals surface area contributed by atoms with Gasteiger partial charge in [0, 0.05) is 24.2 Å². The van der Waals surface area contributed by atoms with Gasteiger partial charge in [-0.3, -0.25) is 9.69 Å². The summed E-state index contributed by atoms with van der Waals surface area (Å²) in [6.45, 7) is 0.904. The number of benzene rings is 2. The summed E-state index contributed by atoms with van der Waals surface area (Å²) in [7, 11) is 0. The number of fused-ring (bicyclic) bond motifs is 1. The maximum absolute atomic E-state index is 13.5. The lowest BCUT2D eigenvalue weighted by atomic mass is 9.66. The van der Waals surface area contributed by atoms with Crippen LogP contribution in [0, 0.1) is 11.7 Å². The van der Waals surface area contributed by atoms with Crippen LogP contribution in [0.25, 0.3) is 0 Å². The lowest BCUT2D eigenvalue weighted by Crippen LogP contribution is -2.56. The fraction of sp³-hybridized carbons (Fsp3) is 0.435. The summed E-state index contributed by atoms with van der Waals surface area (Å²) in [4.78, 5) is 14.8. The molecule has 2 N–H and O–H groups in total. The van der Waals surface area contributed by atoms with E-state index in [4.69, 9.17) is 0 Å². The van der Waals surface area contributed by atoms with Gasteiger partial charge in [-0.1, -0.05) is 43.2 Å². The summed E-state index contributed by atoms with van der Waals surface area (Å²) < 4.78 is 13.5. The third kappa shape index (κ3) is 3.96. The van der Waals surface area contributed by atoms with Crippen LogP contribution in [-0.2, 0) is 4.79 Å². The molecule has 3 atom stereocenters. The van der Waals surface area contributed by atoms with E-state index in [-0.39, 0.29) is 30.2 Å². The number of para-hydroxylation sites is 1. The summed E-state index contributed by atoms with van der Waals surface area (Å²) in [5.74, 6) is -0.281. The van der Waals surface area contributed by atoms with Crippen LogP contribution in [0.1, 0.15) is 43.7 Å². The van der Waals surface area contributed by atoms with Gasteiger partial charge in [0.1, 0.15) is 5.82 Å². The number of aliphatic hydroxyl groups is 1. The fourth-order valence-electron chi connectivity index (χ4n) is 4.93. The summed E-state index contributed by atoms with van der Waals surface area (Å²) in [6.07, 6.45) is 4.52. The minimum atomic E-state index is -0.691. The van der Waals surface area contributed by atoms with E-state index in [2.05, 4.69) is 10.2 Å². The molecule has 1 heterocycles. The fourth-order valence-corrected chi connectivity index (χ4v) is 4.93. The highest BCUT2D eigenvalue weighted by molar-refractivity contribution is 5.92. The molecular weight excluding hydrogens is 355 g/mol. The van der Waals surface area contributed by atoms with Crippen LogP contribution in [0.2, 0.25) is 0 Å². The minimum Gasteiger partial charge on any atom is -0.389 e. The minimum absolute atomic E-state index is 0.0602. The van der Waals surface area contributed by atoms with E-state index in [0.717, 1.165) is 36.9 Å². The van der Waals surface area contributed by atoms with Gasteiger partial charge in [-0.2, -0.15) is 0 Å². The Morgan fingerprint density at radius 3 is 2.61 bits per heavy atom. The Labute approximate surface area is 165 Å². The van der Waals surface area contributed by atoms with Crippen LogP contribution in [0.4, 0.5) is 10.1 Å². The first-order chi connectivity index (χ1) is 13.5. The number of carbonyl (C=O) groups is 1. The molecule has 4 nitrogen and oxygen atoms in total. The molecule has 0 unspecified atom stereocenters. The molecule has 1 saturated heterocycles. The molecule has 2 aromatic carbocycles. The Bertz CT molecular complexity index is 811. The van der Waals surface area contributed by atoms with Gasteiger partial charge in [0.2, 0.25) is 5.91 Å². The zero-order chi connectivity index (χ0) is 19.6. The van der Waals surface area contributed by atoms with Gasteiger partial charge in [0.05, 0.1) is 12.1 Å². The Morgan fingerprint density at radius 2 is 1.86 bits per heavy atom. The van der Waals surface area contributed by atoms with E-state index in [0.29, 0.717) is 13.0 Å². The Hall–Kier alpha value is -2.24. The van der Waals surface area contributed by atoms with Crippen molar-refractivity contribution in [1.82, 2.24) is 4.90 Å². The largest absolute Gasteiger partial charge is 0.389 e. The molecular formula is C23H27FN2O2. The summed E-state index contributed by atoms with van der Waals surface area (Å²) in [5, 5.41) is 14.2. The van der Waals surface area contributed by atoms with Crippen molar-refractivity contribution in [3.8, 4) is 0 Å². The number of likely N-dealkylation sites (tertiary alicyclic amines) is 1. The highest BCUT2D eigenvalue weighted by Crippen LogP contribution is 2.49. The molecule has 2 aromatic rings. The third-order valence-corrected chi connectivity index (χ3v) is 6.29. The average Bonchev–Trinajstić information content (AvgIpc) is 2.69. The normalized spacial score (nSPS) is 27.8. The molecule has 0 radical (unpaired) electrons. The third-order valence-electron chi connectivity index (χ3n) is 6.29. The second-order valence-electron chi connectivity index (χ2n) is 8.09. The maximum atomic E-state index is 13.5. The molecule has 0 bridgehead atoms. The van der Waals surface area contributed by atoms with Crippen molar-refractivity contribution in [1.29, 1.82) is 0 Å². The number of nitrogens with one attached hydrogen (secondary N) is 1. The standard InChI is InChI=1S/C23H27FN2O2/c24-18-11-9-17(10-12-18)22-20-8-4-5-13-23(20,28)14-15-26(22)16-21(27)25-19-6-2-1-3-7-19/h1-3,6-7,9-12,20,22,28H,4-5,8,13-16H2,(H,25,27)/t20-,22+,23-/m0/s1. The number of amides is 1. The van der Waals surface area contributed by atoms with Crippen molar-refractivity contribution in [3.63, 3.8) is 0 Å². The lowest BCUT2D eigenvalue weighted by molar-refractivity contribution is -0.135. The number of hydrogen-bond acceptors (Lipinski definition) is 3. The SMILES string of the molecule is O=C(CN1CC[C@@]2(O)CCCC[C@H]2[C@H]1c1ccc(F)cc1)Nc1ccccc1. The topological polar surface area (TPSA) is 52.6 Å². The van der Waals surface area contributed by atoms with E-state index in [1.165, 1.54) is 12.1 Å². The second-order valence-corrected chi connectivity index (χ2v) is 8.09. The molecule has 2 aliphatic rings. The van der Waals surface area contributed by atoms with Crippen LogP contribution in [0.3, 0.4) is 0 Å². The average molecular weight is 382 g/mol. The number of halogens is 1. The van der Waals surface area contributed by atoms with Gasteiger partial charge in [0.15, 0.2) is 0 Å². The van der Waals surface area contributed by atoms with Gasteiger partial charge < -0.3 is 10.4 Å². The number of carbonyl (C=O) groups excluding carboxylic acids is 1. The molecule has 28 heavy (non-hydrogen) atoms. The van der Waals surface area contributed by atoms with Crippen molar-refractivity contribution in [2.24, 2.45) is 5.92 Å². The molecule has 0 spiro atoms. The van der Waals surface area contributed by atoms with E-state index < -0.39 is 5.60 Å². The smallest absolute Gasteiger partial charge is 0.238 e. The van der Waals surface area contributed by atoms with Crippen LogP contribution in [-0.4, -0.2) is 34.6 Å². The number of piperidine rings is 1. The van der Waals surface area contributed by atoms with Crippen LogP contribution < -0.4 is 5.32 Å². The first-order valence-corrected chi connectivity index (χ1v) is 10.1. The maximum Gasteiger partial charge on any atom is 0.238 e. The molecule has 0 aromatic heterocycles. The van der Waals surface area contributed by atoms with Gasteiger partial charge in [0.25, 0.3) is 0 Å². The molecule has 5 heteroatoms.